The van der Waals surface area contributed by atoms with Gasteiger partial charge in [-0.05, 0) is 0 Å². The van der Waals surface area contributed by atoms with Crippen molar-refractivity contribution in [1.82, 2.24) is 0 Å². The van der Waals surface area contributed by atoms with Gasteiger partial charge >= 0.3 is 169 Å². The molecule has 0 atom stereocenters. The minimum atomic E-state index is -1.67. The Bertz CT molecular complexity index is 535. The molecule has 0 unspecified atom stereocenters. The van der Waals surface area contributed by atoms with Gasteiger partial charge in [-0.25, -0.2) is 0 Å². The molecule has 0 N–H and O–H groups in total. The Morgan fingerprint density at radius 1 is 0.481 bits per heavy atom. The van der Waals surface area contributed by atoms with E-state index in [0.29, 0.717) is 0 Å². The third-order valence-corrected chi connectivity index (χ3v) is 11.4. The first-order valence-corrected chi connectivity index (χ1v) is 13.9. The molecule has 0 nitrogen and oxygen atoms in total. The van der Waals surface area contributed by atoms with Gasteiger partial charge < -0.3 is 0 Å². The summed E-state index contributed by atoms with van der Waals surface area (Å²) in [5, 5.41) is 3.31. The predicted octanol–water partition coefficient (Wildman–Crippen LogP) is 7.33. The molecule has 0 amide bonds. The Morgan fingerprint density at radius 3 is 1.22 bits per heavy atom. The summed E-state index contributed by atoms with van der Waals surface area (Å²) in [6.07, 6.45) is 16.7. The first-order chi connectivity index (χ1) is 13.3. The first-order valence-electron chi connectivity index (χ1n) is 11.4. The topological polar surface area (TPSA) is 0 Å². The summed E-state index contributed by atoms with van der Waals surface area (Å²) in [6, 6.07) is 23.1. The molecule has 1 heteroatoms. The van der Waals surface area contributed by atoms with Gasteiger partial charge in [0.05, 0.1) is 0 Å². The number of rotatable bonds is 14. The molecule has 27 heavy (non-hydrogen) atoms. The normalized spacial score (nSPS) is 12.2. The standard InChI is InChI=1S/C26H41P/c1-3-5-7-9-17-23-27(24-18-10-8-6-4-2,25-19-13-11-14-20-25)26-21-15-12-16-22-26/h11-16,19-22,27H,3-10,17-18,23-24H2,1-2H3. The van der Waals surface area contributed by atoms with Crippen LogP contribution >= 0.6 is 7.26 Å². The van der Waals surface area contributed by atoms with Crippen LogP contribution in [0.2, 0.25) is 0 Å². The van der Waals surface area contributed by atoms with Gasteiger partial charge in [0.2, 0.25) is 0 Å². The van der Waals surface area contributed by atoms with Crippen LogP contribution in [0.5, 0.6) is 0 Å². The zero-order valence-electron chi connectivity index (χ0n) is 17.8. The molecule has 0 aliphatic carbocycles. The van der Waals surface area contributed by atoms with Gasteiger partial charge in [-0.2, -0.15) is 0 Å². The molecule has 2 rings (SSSR count). The Balaban J connectivity index is 2.21. The SMILES string of the molecule is CCCCCCC[PH](CCCCCCC)(c1ccccc1)c1ccccc1. The zero-order chi connectivity index (χ0) is 19.2. The van der Waals surface area contributed by atoms with Crippen LogP contribution in [0.15, 0.2) is 60.7 Å². The molecule has 2 aromatic carbocycles. The van der Waals surface area contributed by atoms with Gasteiger partial charge in [0.15, 0.2) is 0 Å². The van der Waals surface area contributed by atoms with Gasteiger partial charge in [-0.15, -0.1) is 0 Å². The third kappa shape index (κ3) is 7.08. The van der Waals surface area contributed by atoms with E-state index >= 15 is 0 Å². The molecule has 0 heterocycles. The van der Waals surface area contributed by atoms with Gasteiger partial charge in [0.1, 0.15) is 0 Å². The van der Waals surface area contributed by atoms with Crippen molar-refractivity contribution in [2.45, 2.75) is 78.1 Å². The van der Waals surface area contributed by atoms with Gasteiger partial charge in [-0.3, -0.25) is 0 Å². The average Bonchev–Trinajstić information content (AvgIpc) is 2.73. The molecule has 0 aliphatic rings. The second-order valence-electron chi connectivity index (χ2n) is 8.14. The van der Waals surface area contributed by atoms with Crippen LogP contribution < -0.4 is 10.6 Å². The second-order valence-corrected chi connectivity index (χ2v) is 12.5. The van der Waals surface area contributed by atoms with E-state index in [1.165, 1.54) is 76.5 Å². The average molecular weight is 385 g/mol. The van der Waals surface area contributed by atoms with Crippen LogP contribution in [0.3, 0.4) is 0 Å². The maximum absolute atomic E-state index is 2.43. The van der Waals surface area contributed by atoms with E-state index in [1.807, 2.05) is 0 Å². The van der Waals surface area contributed by atoms with E-state index in [2.05, 4.69) is 74.5 Å². The van der Waals surface area contributed by atoms with Crippen molar-refractivity contribution in [3.63, 3.8) is 0 Å². The fraction of sp³-hybridized carbons (Fsp3) is 0.538. The monoisotopic (exact) mass is 384 g/mol. The Hall–Kier alpha value is -1.13. The molecule has 0 saturated carbocycles. The molecule has 150 valence electrons. The predicted molar refractivity (Wildman–Crippen MR) is 128 cm³/mol. The van der Waals surface area contributed by atoms with Crippen molar-refractivity contribution in [3.05, 3.63) is 60.7 Å². The molecule has 0 fully saturated rings. The van der Waals surface area contributed by atoms with E-state index in [-0.39, 0.29) is 0 Å². The van der Waals surface area contributed by atoms with Crippen LogP contribution in [-0.2, 0) is 0 Å². The summed E-state index contributed by atoms with van der Waals surface area (Å²) in [6.45, 7) is 4.62. The fourth-order valence-electron chi connectivity index (χ4n) is 4.44. The molecule has 0 aliphatic heterocycles. The Kier molecular flexibility index (Phi) is 10.8. The number of hydrogen-bond acceptors (Lipinski definition) is 0. The summed E-state index contributed by atoms with van der Waals surface area (Å²) in [4.78, 5) is 0. The molecule has 0 aromatic heterocycles. The van der Waals surface area contributed by atoms with Crippen LogP contribution in [0, 0.1) is 0 Å². The van der Waals surface area contributed by atoms with Crippen LogP contribution in [0.1, 0.15) is 78.1 Å². The molecule has 0 saturated heterocycles. The molecular formula is C26H41P. The summed E-state index contributed by atoms with van der Waals surface area (Å²) in [7, 11) is -1.67. The first kappa shape index (κ1) is 22.2. The van der Waals surface area contributed by atoms with E-state index in [4.69, 9.17) is 0 Å². The Morgan fingerprint density at radius 2 is 0.852 bits per heavy atom. The number of unbranched alkanes of at least 4 members (excludes halogenated alkanes) is 8. The van der Waals surface area contributed by atoms with Gasteiger partial charge in [-0.1, -0.05) is 0 Å². The van der Waals surface area contributed by atoms with Crippen molar-refractivity contribution in [3.8, 4) is 0 Å². The van der Waals surface area contributed by atoms with Gasteiger partial charge in [0, 0.05) is 0 Å². The van der Waals surface area contributed by atoms with E-state index in [9.17, 15) is 0 Å². The summed E-state index contributed by atoms with van der Waals surface area (Å²) >= 11 is 0. The van der Waals surface area contributed by atoms with Crippen molar-refractivity contribution >= 4 is 17.9 Å². The Labute approximate surface area is 169 Å². The third-order valence-electron chi connectivity index (χ3n) is 6.07. The molecule has 0 radical (unpaired) electrons. The van der Waals surface area contributed by atoms with Gasteiger partial charge in [0.25, 0.3) is 0 Å². The summed E-state index contributed by atoms with van der Waals surface area (Å²) in [5.74, 6) is 0. The zero-order valence-corrected chi connectivity index (χ0v) is 18.8. The van der Waals surface area contributed by atoms with Crippen LogP contribution in [-0.4, -0.2) is 12.3 Å². The van der Waals surface area contributed by atoms with Crippen molar-refractivity contribution in [1.29, 1.82) is 0 Å². The van der Waals surface area contributed by atoms with Crippen molar-refractivity contribution in [2.24, 2.45) is 0 Å². The molecule has 0 bridgehead atoms. The fourth-order valence-corrected chi connectivity index (χ4v) is 9.55. The van der Waals surface area contributed by atoms with E-state index in [1.54, 1.807) is 10.6 Å². The summed E-state index contributed by atoms with van der Waals surface area (Å²) < 4.78 is 0. The second kappa shape index (κ2) is 13.1. The van der Waals surface area contributed by atoms with E-state index < -0.39 is 7.26 Å². The maximum atomic E-state index is 2.43. The molecular weight excluding hydrogens is 343 g/mol. The molecule has 0 spiro atoms. The van der Waals surface area contributed by atoms with Crippen LogP contribution in [0.25, 0.3) is 0 Å². The number of hydrogen-bond donors (Lipinski definition) is 0. The summed E-state index contributed by atoms with van der Waals surface area (Å²) in [5.41, 5.74) is 0. The van der Waals surface area contributed by atoms with Crippen LogP contribution in [0.4, 0.5) is 0 Å². The van der Waals surface area contributed by atoms with Crippen molar-refractivity contribution in [2.75, 3.05) is 12.3 Å². The molecule has 2 aromatic rings. The minimum absolute atomic E-state index is 1.33. The van der Waals surface area contributed by atoms with E-state index in [0.717, 1.165) is 0 Å². The quantitative estimate of drug-likeness (QED) is 0.236. The van der Waals surface area contributed by atoms with Crippen molar-refractivity contribution < 1.29 is 0 Å². The number of benzene rings is 2.